The first-order valence-corrected chi connectivity index (χ1v) is 11.5. The van der Waals surface area contributed by atoms with Crippen LogP contribution in [0.3, 0.4) is 0 Å². The molecule has 0 spiro atoms. The van der Waals surface area contributed by atoms with E-state index in [1.54, 1.807) is 13.4 Å². The van der Waals surface area contributed by atoms with Gasteiger partial charge in [0.1, 0.15) is 5.75 Å². The number of methoxy groups -OCH3 is 1. The van der Waals surface area contributed by atoms with Crippen LogP contribution in [0.25, 0.3) is 0 Å². The fraction of sp³-hybridized carbons (Fsp3) is 0.650. The Balaban J connectivity index is 1.45. The predicted molar refractivity (Wildman–Crippen MR) is 113 cm³/mol. The fourth-order valence-corrected chi connectivity index (χ4v) is 4.74. The zero-order valence-electron chi connectivity index (χ0n) is 17.1. The zero-order chi connectivity index (χ0) is 20.1. The summed E-state index contributed by atoms with van der Waals surface area (Å²) >= 11 is 0. The van der Waals surface area contributed by atoms with E-state index in [-0.39, 0.29) is 18.1 Å². The molecule has 2 amide bonds. The molecule has 156 valence electrons. The molecular formula is C20H32N4O3S. The highest BCUT2D eigenvalue weighted by Gasteiger charge is 2.28. The number of ether oxygens (including phenoxy) is 1. The average Bonchev–Trinajstić information content (AvgIpc) is 2.73. The lowest BCUT2D eigenvalue weighted by atomic mass is 10.0. The van der Waals surface area contributed by atoms with E-state index in [2.05, 4.69) is 22.3 Å². The van der Waals surface area contributed by atoms with E-state index >= 15 is 0 Å². The summed E-state index contributed by atoms with van der Waals surface area (Å²) in [6.45, 7) is 3.40. The second-order valence-electron chi connectivity index (χ2n) is 7.61. The number of hydrogen-bond acceptors (Lipinski definition) is 4. The van der Waals surface area contributed by atoms with Crippen molar-refractivity contribution in [3.63, 3.8) is 0 Å². The van der Waals surface area contributed by atoms with Crippen molar-refractivity contribution in [2.75, 3.05) is 51.5 Å². The van der Waals surface area contributed by atoms with Crippen LogP contribution in [0.15, 0.2) is 24.3 Å². The Morgan fingerprint density at radius 1 is 1.18 bits per heavy atom. The molecule has 1 aromatic rings. The minimum atomic E-state index is -0.916. The minimum absolute atomic E-state index is 0.0101. The summed E-state index contributed by atoms with van der Waals surface area (Å²) in [4.78, 5) is 16.9. The smallest absolute Gasteiger partial charge is 0.317 e. The predicted octanol–water partition coefficient (Wildman–Crippen LogP) is 2.06. The molecule has 1 aromatic carbocycles. The summed E-state index contributed by atoms with van der Waals surface area (Å²) in [6.07, 6.45) is 5.33. The second kappa shape index (κ2) is 9.60. The molecule has 1 N–H and O–H groups in total. The third-order valence-corrected chi connectivity index (χ3v) is 6.99. The molecule has 2 aliphatic heterocycles. The van der Waals surface area contributed by atoms with Crippen molar-refractivity contribution < 1.29 is 13.7 Å². The van der Waals surface area contributed by atoms with Crippen LogP contribution >= 0.6 is 0 Å². The molecule has 1 atom stereocenters. The molecule has 0 saturated carbocycles. The molecule has 0 aliphatic carbocycles. The monoisotopic (exact) mass is 408 g/mol. The normalized spacial score (nSPS) is 20.6. The summed E-state index contributed by atoms with van der Waals surface area (Å²) < 4.78 is 18.9. The van der Waals surface area contributed by atoms with E-state index in [1.807, 2.05) is 28.4 Å². The number of rotatable bonds is 5. The Morgan fingerprint density at radius 3 is 2.46 bits per heavy atom. The highest BCUT2D eigenvalue weighted by molar-refractivity contribution is 7.81. The summed E-state index contributed by atoms with van der Waals surface area (Å²) in [5.74, 6) is 0.868. The van der Waals surface area contributed by atoms with Gasteiger partial charge in [0.15, 0.2) is 0 Å². The third kappa shape index (κ3) is 5.17. The summed E-state index contributed by atoms with van der Waals surface area (Å²) in [6, 6.07) is 8.56. The summed E-state index contributed by atoms with van der Waals surface area (Å²) in [5, 5.41) is 3.21. The highest BCUT2D eigenvalue weighted by Crippen LogP contribution is 2.24. The van der Waals surface area contributed by atoms with Crippen molar-refractivity contribution in [2.45, 2.75) is 37.8 Å². The molecule has 0 radical (unpaired) electrons. The van der Waals surface area contributed by atoms with Crippen LogP contribution in [-0.2, 0) is 11.0 Å². The van der Waals surface area contributed by atoms with E-state index < -0.39 is 11.0 Å². The molecular weight excluding hydrogens is 376 g/mol. The van der Waals surface area contributed by atoms with E-state index in [4.69, 9.17) is 4.74 Å². The van der Waals surface area contributed by atoms with Crippen LogP contribution in [0, 0.1) is 0 Å². The number of nitrogens with one attached hydrogen (secondary N) is 1. The van der Waals surface area contributed by atoms with Gasteiger partial charge in [0.25, 0.3) is 0 Å². The van der Waals surface area contributed by atoms with Gasteiger partial charge in [-0.25, -0.2) is 13.3 Å². The average molecular weight is 409 g/mol. The van der Waals surface area contributed by atoms with Crippen molar-refractivity contribution >= 4 is 22.7 Å². The van der Waals surface area contributed by atoms with Gasteiger partial charge in [0.2, 0.25) is 0 Å². The standard InChI is InChI=1S/C20H32N4O3S/c1-22(17-9-13-24(14-10-17)28(3)26)20(25)21-16-7-11-23(12-8-16)18-5-4-6-19(15-18)27-2/h4-6,15-17H,7-14H2,1-3H3,(H,21,25). The second-order valence-corrected chi connectivity index (χ2v) is 8.97. The summed E-state index contributed by atoms with van der Waals surface area (Å²) in [5.41, 5.74) is 1.17. The number of carbonyl (C=O) groups is 1. The lowest BCUT2D eigenvalue weighted by Gasteiger charge is -2.38. The molecule has 2 aliphatic rings. The Labute approximate surface area is 170 Å². The molecule has 0 aromatic heterocycles. The van der Waals surface area contributed by atoms with Gasteiger partial charge in [-0.05, 0) is 37.8 Å². The van der Waals surface area contributed by atoms with Crippen molar-refractivity contribution in [3.8, 4) is 5.75 Å². The van der Waals surface area contributed by atoms with Gasteiger partial charge < -0.3 is 19.9 Å². The van der Waals surface area contributed by atoms with Crippen molar-refractivity contribution in [2.24, 2.45) is 0 Å². The number of anilines is 1. The Bertz CT molecular complexity index is 686. The van der Waals surface area contributed by atoms with Gasteiger partial charge in [0.05, 0.1) is 18.1 Å². The number of amides is 2. The maximum Gasteiger partial charge on any atom is 0.317 e. The quantitative estimate of drug-likeness (QED) is 0.810. The zero-order valence-corrected chi connectivity index (χ0v) is 17.9. The topological polar surface area (TPSA) is 65.1 Å². The van der Waals surface area contributed by atoms with Gasteiger partial charge in [-0.1, -0.05) is 6.07 Å². The lowest BCUT2D eigenvalue weighted by Crippen LogP contribution is -2.52. The van der Waals surface area contributed by atoms with E-state index in [0.29, 0.717) is 0 Å². The number of urea groups is 1. The third-order valence-electron chi connectivity index (χ3n) is 5.90. The number of benzene rings is 1. The van der Waals surface area contributed by atoms with Crippen molar-refractivity contribution in [1.82, 2.24) is 14.5 Å². The number of hydrogen-bond donors (Lipinski definition) is 1. The van der Waals surface area contributed by atoms with Gasteiger partial charge in [0, 0.05) is 63.3 Å². The molecule has 2 heterocycles. The Kier molecular flexibility index (Phi) is 7.18. The maximum absolute atomic E-state index is 12.7. The van der Waals surface area contributed by atoms with Gasteiger partial charge in [-0.3, -0.25) is 0 Å². The molecule has 7 nitrogen and oxygen atoms in total. The Hall–Kier alpha value is -1.80. The van der Waals surface area contributed by atoms with Crippen LogP contribution < -0.4 is 15.0 Å². The summed E-state index contributed by atoms with van der Waals surface area (Å²) in [7, 11) is 2.65. The van der Waals surface area contributed by atoms with Gasteiger partial charge in [-0.15, -0.1) is 0 Å². The van der Waals surface area contributed by atoms with Crippen LogP contribution in [0.1, 0.15) is 25.7 Å². The van der Waals surface area contributed by atoms with Crippen molar-refractivity contribution in [3.05, 3.63) is 24.3 Å². The van der Waals surface area contributed by atoms with Crippen LogP contribution in [0.5, 0.6) is 5.75 Å². The molecule has 28 heavy (non-hydrogen) atoms. The lowest BCUT2D eigenvalue weighted by molar-refractivity contribution is 0.160. The SMILES string of the molecule is COc1cccc(N2CCC(NC(=O)N(C)C3CCN(S(C)=O)CC3)CC2)c1. The fourth-order valence-electron chi connectivity index (χ4n) is 4.02. The number of carbonyl (C=O) groups excluding carboxylic acids is 1. The maximum atomic E-state index is 12.7. The van der Waals surface area contributed by atoms with Crippen LogP contribution in [0.4, 0.5) is 10.5 Å². The number of nitrogens with zero attached hydrogens (tertiary/aromatic N) is 3. The van der Waals surface area contributed by atoms with Crippen molar-refractivity contribution in [1.29, 1.82) is 0 Å². The molecule has 2 fully saturated rings. The van der Waals surface area contributed by atoms with Crippen LogP contribution in [-0.4, -0.2) is 78.1 Å². The van der Waals surface area contributed by atoms with Gasteiger partial charge in [-0.2, -0.15) is 0 Å². The molecule has 3 rings (SSSR count). The van der Waals surface area contributed by atoms with E-state index in [0.717, 1.165) is 57.6 Å². The molecule has 1 unspecified atom stereocenters. The first-order valence-electron chi connectivity index (χ1n) is 9.98. The van der Waals surface area contributed by atoms with Gasteiger partial charge >= 0.3 is 6.03 Å². The van der Waals surface area contributed by atoms with Crippen LogP contribution in [0.2, 0.25) is 0 Å². The largest absolute Gasteiger partial charge is 0.497 e. The first-order chi connectivity index (χ1) is 13.5. The highest BCUT2D eigenvalue weighted by atomic mass is 32.2. The Morgan fingerprint density at radius 2 is 1.86 bits per heavy atom. The molecule has 0 bridgehead atoms. The number of piperidine rings is 2. The van der Waals surface area contributed by atoms with E-state index in [1.165, 1.54) is 5.69 Å². The van der Waals surface area contributed by atoms with E-state index in [9.17, 15) is 9.00 Å². The molecule has 2 saturated heterocycles. The molecule has 8 heteroatoms. The first kappa shape index (κ1) is 20.9. The minimum Gasteiger partial charge on any atom is -0.497 e.